The number of anilines is 1. The van der Waals surface area contributed by atoms with Gasteiger partial charge >= 0.3 is 12.0 Å². The number of carbonyl (C=O) groups excluding carboxylic acids is 1. The van der Waals surface area contributed by atoms with Crippen LogP contribution in [0, 0.1) is 12.7 Å². The van der Waals surface area contributed by atoms with Gasteiger partial charge in [-0.2, -0.15) is 0 Å². The summed E-state index contributed by atoms with van der Waals surface area (Å²) in [7, 11) is 0. The lowest BCUT2D eigenvalue weighted by Crippen LogP contribution is -2.40. The van der Waals surface area contributed by atoms with Gasteiger partial charge in [-0.3, -0.25) is 4.79 Å². The highest BCUT2D eigenvalue weighted by atomic mass is 19.1. The first-order chi connectivity index (χ1) is 7.90. The maximum absolute atomic E-state index is 12.9. The molecule has 0 radical (unpaired) electrons. The number of urea groups is 1. The lowest BCUT2D eigenvalue weighted by Gasteiger charge is -2.11. The molecule has 0 saturated carbocycles. The van der Waals surface area contributed by atoms with Gasteiger partial charge in [0.25, 0.3) is 0 Å². The zero-order chi connectivity index (χ0) is 13.0. The van der Waals surface area contributed by atoms with Crippen molar-refractivity contribution in [3.8, 4) is 0 Å². The van der Waals surface area contributed by atoms with Gasteiger partial charge in [0, 0.05) is 5.69 Å². The second-order valence-corrected chi connectivity index (χ2v) is 3.62. The summed E-state index contributed by atoms with van der Waals surface area (Å²) in [5.41, 5.74) is 0.799. The summed E-state index contributed by atoms with van der Waals surface area (Å²) < 4.78 is 12.9. The molecule has 17 heavy (non-hydrogen) atoms. The lowest BCUT2D eigenvalue weighted by atomic mass is 10.2. The summed E-state index contributed by atoms with van der Waals surface area (Å²) in [6.45, 7) is 2.91. The highest BCUT2D eigenvalue weighted by Crippen LogP contribution is 2.13. The number of aliphatic carboxylic acids is 1. The standard InChI is InChI=1S/C11H13FN2O3/c1-6-5-8(3-4-9(6)12)14-11(17)13-7(2)10(15)16/h3-5,7H,1-2H3,(H,15,16)(H2,13,14,17). The molecular formula is C11H13FN2O3. The van der Waals surface area contributed by atoms with Crippen LogP contribution in [-0.2, 0) is 4.79 Å². The molecule has 6 heteroatoms. The van der Waals surface area contributed by atoms with Crippen molar-refractivity contribution < 1.29 is 19.1 Å². The number of carboxylic acid groups (broad SMARTS) is 1. The van der Waals surface area contributed by atoms with Crippen LogP contribution >= 0.6 is 0 Å². The third kappa shape index (κ3) is 3.75. The Balaban J connectivity index is 2.62. The molecule has 0 aliphatic carbocycles. The number of carbonyl (C=O) groups is 2. The topological polar surface area (TPSA) is 78.4 Å². The van der Waals surface area contributed by atoms with Crippen LogP contribution in [0.15, 0.2) is 18.2 Å². The minimum Gasteiger partial charge on any atom is -0.480 e. The quantitative estimate of drug-likeness (QED) is 0.752. The molecule has 0 aromatic heterocycles. The zero-order valence-corrected chi connectivity index (χ0v) is 9.45. The summed E-state index contributed by atoms with van der Waals surface area (Å²) in [5.74, 6) is -1.50. The molecule has 1 aromatic carbocycles. The number of hydrogen-bond acceptors (Lipinski definition) is 2. The molecule has 0 saturated heterocycles. The SMILES string of the molecule is Cc1cc(NC(=O)NC(C)C(=O)O)ccc1F. The molecule has 5 nitrogen and oxygen atoms in total. The van der Waals surface area contributed by atoms with Gasteiger partial charge in [0.05, 0.1) is 0 Å². The fourth-order valence-electron chi connectivity index (χ4n) is 1.15. The van der Waals surface area contributed by atoms with E-state index in [9.17, 15) is 14.0 Å². The van der Waals surface area contributed by atoms with Gasteiger partial charge < -0.3 is 15.7 Å². The average molecular weight is 240 g/mol. The van der Waals surface area contributed by atoms with E-state index in [0.29, 0.717) is 11.3 Å². The van der Waals surface area contributed by atoms with E-state index >= 15 is 0 Å². The van der Waals surface area contributed by atoms with Crippen LogP contribution in [0.3, 0.4) is 0 Å². The molecule has 3 N–H and O–H groups in total. The summed E-state index contributed by atoms with van der Waals surface area (Å²) in [4.78, 5) is 21.8. The van der Waals surface area contributed by atoms with Gasteiger partial charge in [-0.05, 0) is 37.6 Å². The fraction of sp³-hybridized carbons (Fsp3) is 0.273. The van der Waals surface area contributed by atoms with Crippen molar-refractivity contribution in [2.24, 2.45) is 0 Å². The average Bonchev–Trinajstić information content (AvgIpc) is 2.23. The molecule has 0 aliphatic rings. The van der Waals surface area contributed by atoms with Crippen LogP contribution in [0.25, 0.3) is 0 Å². The maximum atomic E-state index is 12.9. The highest BCUT2D eigenvalue weighted by Gasteiger charge is 2.13. The van der Waals surface area contributed by atoms with Crippen molar-refractivity contribution in [1.29, 1.82) is 0 Å². The molecular weight excluding hydrogens is 227 g/mol. The number of nitrogens with one attached hydrogen (secondary N) is 2. The van der Waals surface area contributed by atoms with Gasteiger partial charge in [0.2, 0.25) is 0 Å². The molecule has 1 rings (SSSR count). The third-order valence-electron chi connectivity index (χ3n) is 2.13. The number of carboxylic acids is 1. The van der Waals surface area contributed by atoms with E-state index in [1.807, 2.05) is 0 Å². The maximum Gasteiger partial charge on any atom is 0.325 e. The second kappa shape index (κ2) is 5.29. The normalized spacial score (nSPS) is 11.7. The first-order valence-corrected chi connectivity index (χ1v) is 4.96. The van der Waals surface area contributed by atoms with Crippen molar-refractivity contribution in [3.63, 3.8) is 0 Å². The molecule has 0 spiro atoms. The number of hydrogen-bond donors (Lipinski definition) is 3. The van der Waals surface area contributed by atoms with Crippen LogP contribution < -0.4 is 10.6 Å². The molecule has 0 aliphatic heterocycles. The summed E-state index contributed by atoms with van der Waals surface area (Å²) in [6.07, 6.45) is 0. The lowest BCUT2D eigenvalue weighted by molar-refractivity contribution is -0.138. The number of benzene rings is 1. The van der Waals surface area contributed by atoms with E-state index in [0.717, 1.165) is 0 Å². The van der Waals surface area contributed by atoms with E-state index in [2.05, 4.69) is 10.6 Å². The first kappa shape index (κ1) is 13.0. The number of halogens is 1. The second-order valence-electron chi connectivity index (χ2n) is 3.62. The number of amides is 2. The van der Waals surface area contributed by atoms with Gasteiger partial charge in [0.15, 0.2) is 0 Å². The van der Waals surface area contributed by atoms with Crippen molar-refractivity contribution in [3.05, 3.63) is 29.6 Å². The Labute approximate surface area is 97.6 Å². The Bertz CT molecular complexity index is 448. The Morgan fingerprint density at radius 2 is 2.06 bits per heavy atom. The molecule has 0 fully saturated rings. The minimum atomic E-state index is -1.13. The Morgan fingerprint density at radius 1 is 1.41 bits per heavy atom. The minimum absolute atomic E-state index is 0.366. The van der Waals surface area contributed by atoms with Crippen molar-refractivity contribution in [2.75, 3.05) is 5.32 Å². The number of rotatable bonds is 3. The van der Waals surface area contributed by atoms with Crippen molar-refractivity contribution >= 4 is 17.7 Å². The molecule has 0 bridgehead atoms. The molecule has 1 aromatic rings. The Morgan fingerprint density at radius 3 is 2.59 bits per heavy atom. The van der Waals surface area contributed by atoms with Gasteiger partial charge in [-0.15, -0.1) is 0 Å². The van der Waals surface area contributed by atoms with Crippen LogP contribution in [-0.4, -0.2) is 23.1 Å². The van der Waals surface area contributed by atoms with Gasteiger partial charge in [0.1, 0.15) is 11.9 Å². The summed E-state index contributed by atoms with van der Waals surface area (Å²) in [6, 6.07) is 2.45. The summed E-state index contributed by atoms with van der Waals surface area (Å²) >= 11 is 0. The first-order valence-electron chi connectivity index (χ1n) is 4.96. The Kier molecular flexibility index (Phi) is 4.03. The largest absolute Gasteiger partial charge is 0.480 e. The smallest absolute Gasteiger partial charge is 0.325 e. The zero-order valence-electron chi connectivity index (χ0n) is 9.45. The van der Waals surface area contributed by atoms with Crippen molar-refractivity contribution in [1.82, 2.24) is 5.32 Å². The third-order valence-corrected chi connectivity index (χ3v) is 2.13. The predicted octanol–water partition coefficient (Wildman–Crippen LogP) is 1.73. The van der Waals surface area contributed by atoms with Crippen LogP contribution in [0.2, 0.25) is 0 Å². The van der Waals surface area contributed by atoms with E-state index in [1.165, 1.54) is 25.1 Å². The van der Waals surface area contributed by atoms with Crippen LogP contribution in [0.1, 0.15) is 12.5 Å². The predicted molar refractivity (Wildman–Crippen MR) is 60.4 cm³/mol. The summed E-state index contributed by atoms with van der Waals surface area (Å²) in [5, 5.41) is 13.2. The van der Waals surface area contributed by atoms with Crippen molar-refractivity contribution in [2.45, 2.75) is 19.9 Å². The molecule has 2 amide bonds. The van der Waals surface area contributed by atoms with E-state index in [-0.39, 0.29) is 5.82 Å². The fourth-order valence-corrected chi connectivity index (χ4v) is 1.15. The van der Waals surface area contributed by atoms with E-state index in [1.54, 1.807) is 6.92 Å². The Hall–Kier alpha value is -2.11. The van der Waals surface area contributed by atoms with Crippen LogP contribution in [0.4, 0.5) is 14.9 Å². The number of aryl methyl sites for hydroxylation is 1. The highest BCUT2D eigenvalue weighted by molar-refractivity contribution is 5.92. The van der Waals surface area contributed by atoms with Crippen LogP contribution in [0.5, 0.6) is 0 Å². The molecule has 92 valence electrons. The van der Waals surface area contributed by atoms with E-state index in [4.69, 9.17) is 5.11 Å². The molecule has 1 unspecified atom stereocenters. The van der Waals surface area contributed by atoms with Gasteiger partial charge in [-0.1, -0.05) is 0 Å². The molecule has 1 atom stereocenters. The van der Waals surface area contributed by atoms with E-state index < -0.39 is 18.0 Å². The van der Waals surface area contributed by atoms with Gasteiger partial charge in [-0.25, -0.2) is 9.18 Å². The molecule has 0 heterocycles. The monoisotopic (exact) mass is 240 g/mol.